The normalized spacial score (nSPS) is 11.9. The molecule has 1 aromatic carbocycles. The van der Waals surface area contributed by atoms with Crippen LogP contribution in [0.5, 0.6) is 5.75 Å². The van der Waals surface area contributed by atoms with Crippen LogP contribution in [0.2, 0.25) is 0 Å². The molecule has 3 heteroatoms. The number of esters is 1. The van der Waals surface area contributed by atoms with E-state index in [1.807, 2.05) is 30.3 Å². The Labute approximate surface area is 135 Å². The third kappa shape index (κ3) is 8.06. The molecule has 0 saturated carbocycles. The molecule has 3 nitrogen and oxygen atoms in total. The van der Waals surface area contributed by atoms with Gasteiger partial charge >= 0.3 is 5.97 Å². The van der Waals surface area contributed by atoms with Crippen molar-refractivity contribution >= 4 is 5.97 Å². The summed E-state index contributed by atoms with van der Waals surface area (Å²) in [5.74, 6) is 0.435. The number of carbonyl (C=O) groups excluding carboxylic acids is 1. The average Bonchev–Trinajstić information content (AvgIpc) is 2.56. The van der Waals surface area contributed by atoms with E-state index in [0.717, 1.165) is 25.0 Å². The highest BCUT2D eigenvalue weighted by molar-refractivity contribution is 5.74. The van der Waals surface area contributed by atoms with E-state index in [1.165, 1.54) is 45.6 Å². The molecule has 1 unspecified atom stereocenters. The Bertz CT molecular complexity index is 389. The van der Waals surface area contributed by atoms with Gasteiger partial charge in [0.1, 0.15) is 5.75 Å². The lowest BCUT2D eigenvalue weighted by Gasteiger charge is -2.16. The zero-order valence-electron chi connectivity index (χ0n) is 14.1. The van der Waals surface area contributed by atoms with E-state index >= 15 is 0 Å². The third-order valence-corrected chi connectivity index (χ3v) is 3.81. The van der Waals surface area contributed by atoms with Crippen LogP contribution in [0, 0.1) is 0 Å². The number of carbonyl (C=O) groups is 1. The van der Waals surface area contributed by atoms with Crippen LogP contribution in [0.3, 0.4) is 0 Å². The van der Waals surface area contributed by atoms with Gasteiger partial charge in [0, 0.05) is 0 Å². The first-order valence-corrected chi connectivity index (χ1v) is 8.57. The van der Waals surface area contributed by atoms with Crippen LogP contribution in [0.4, 0.5) is 0 Å². The van der Waals surface area contributed by atoms with E-state index in [9.17, 15) is 4.79 Å². The first-order valence-electron chi connectivity index (χ1n) is 8.57. The summed E-state index contributed by atoms with van der Waals surface area (Å²) in [6, 6.07) is 9.46. The fourth-order valence-electron chi connectivity index (χ4n) is 2.48. The molecule has 0 aliphatic rings. The Morgan fingerprint density at radius 1 is 0.955 bits per heavy atom. The molecule has 1 rings (SSSR count). The van der Waals surface area contributed by atoms with Crippen LogP contribution in [0.1, 0.15) is 64.7 Å². The number of hydrogen-bond acceptors (Lipinski definition) is 3. The number of benzene rings is 1. The largest absolute Gasteiger partial charge is 0.479 e. The van der Waals surface area contributed by atoms with Gasteiger partial charge in [-0.1, -0.05) is 70.1 Å². The summed E-state index contributed by atoms with van der Waals surface area (Å²) in [6.07, 6.45) is 10.2. The number of hydrogen-bond donors (Lipinski definition) is 0. The lowest BCUT2D eigenvalue weighted by Crippen LogP contribution is -2.28. The predicted octanol–water partition coefficient (Wildman–Crippen LogP) is 5.14. The molecule has 0 radical (unpaired) electrons. The van der Waals surface area contributed by atoms with Crippen molar-refractivity contribution < 1.29 is 14.3 Å². The van der Waals surface area contributed by atoms with Gasteiger partial charge < -0.3 is 9.47 Å². The van der Waals surface area contributed by atoms with E-state index in [1.54, 1.807) is 0 Å². The van der Waals surface area contributed by atoms with E-state index in [0.29, 0.717) is 0 Å². The van der Waals surface area contributed by atoms with E-state index in [-0.39, 0.29) is 5.97 Å². The minimum atomic E-state index is -0.493. The van der Waals surface area contributed by atoms with E-state index in [2.05, 4.69) is 6.92 Å². The maximum Gasteiger partial charge on any atom is 0.347 e. The smallest absolute Gasteiger partial charge is 0.347 e. The number of methoxy groups -OCH3 is 1. The second-order valence-electron chi connectivity index (χ2n) is 5.71. The molecule has 0 saturated heterocycles. The van der Waals surface area contributed by atoms with Crippen LogP contribution in [0.15, 0.2) is 30.3 Å². The zero-order valence-corrected chi connectivity index (χ0v) is 14.1. The molecule has 0 N–H and O–H groups in total. The van der Waals surface area contributed by atoms with Crippen LogP contribution in [-0.4, -0.2) is 19.2 Å². The van der Waals surface area contributed by atoms with Crippen molar-refractivity contribution in [2.45, 2.75) is 70.8 Å². The minimum Gasteiger partial charge on any atom is -0.479 e. The number of rotatable bonds is 12. The number of para-hydroxylation sites is 1. The van der Waals surface area contributed by atoms with Gasteiger partial charge in [-0.25, -0.2) is 4.79 Å². The topological polar surface area (TPSA) is 35.5 Å². The predicted molar refractivity (Wildman–Crippen MR) is 90.1 cm³/mol. The summed E-state index contributed by atoms with van der Waals surface area (Å²) in [4.78, 5) is 11.8. The zero-order chi connectivity index (χ0) is 16.0. The van der Waals surface area contributed by atoms with E-state index in [4.69, 9.17) is 9.47 Å². The summed E-state index contributed by atoms with van der Waals surface area (Å²) in [7, 11) is 1.41. The van der Waals surface area contributed by atoms with Gasteiger partial charge in [0.2, 0.25) is 0 Å². The lowest BCUT2D eigenvalue weighted by molar-refractivity contribution is -0.149. The molecule has 1 atom stereocenters. The van der Waals surface area contributed by atoms with Crippen LogP contribution in [-0.2, 0) is 9.53 Å². The number of ether oxygens (including phenoxy) is 2. The molecule has 124 valence electrons. The van der Waals surface area contributed by atoms with Crippen LogP contribution in [0.25, 0.3) is 0 Å². The highest BCUT2D eigenvalue weighted by Crippen LogP contribution is 2.16. The van der Waals surface area contributed by atoms with Gasteiger partial charge in [0.25, 0.3) is 0 Å². The van der Waals surface area contributed by atoms with Crippen molar-refractivity contribution in [1.29, 1.82) is 0 Å². The van der Waals surface area contributed by atoms with Gasteiger partial charge in [-0.2, -0.15) is 0 Å². The molecule has 0 amide bonds. The summed E-state index contributed by atoms with van der Waals surface area (Å²) in [6.45, 7) is 2.24. The van der Waals surface area contributed by atoms with Crippen molar-refractivity contribution in [3.05, 3.63) is 30.3 Å². The fourth-order valence-corrected chi connectivity index (χ4v) is 2.48. The molecular weight excluding hydrogens is 276 g/mol. The van der Waals surface area contributed by atoms with Crippen molar-refractivity contribution in [2.24, 2.45) is 0 Å². The van der Waals surface area contributed by atoms with Crippen LogP contribution >= 0.6 is 0 Å². The molecule has 1 aromatic rings. The molecule has 0 aliphatic carbocycles. The Morgan fingerprint density at radius 2 is 1.55 bits per heavy atom. The van der Waals surface area contributed by atoms with E-state index < -0.39 is 6.10 Å². The van der Waals surface area contributed by atoms with Crippen molar-refractivity contribution in [3.8, 4) is 5.75 Å². The summed E-state index contributed by atoms with van der Waals surface area (Å²) < 4.78 is 10.6. The summed E-state index contributed by atoms with van der Waals surface area (Å²) >= 11 is 0. The maximum atomic E-state index is 11.8. The van der Waals surface area contributed by atoms with Crippen LogP contribution < -0.4 is 4.74 Å². The molecule has 22 heavy (non-hydrogen) atoms. The molecule has 0 aliphatic heterocycles. The van der Waals surface area contributed by atoms with Gasteiger partial charge in [-0.05, 0) is 25.0 Å². The van der Waals surface area contributed by atoms with Gasteiger partial charge in [0.05, 0.1) is 7.11 Å². The highest BCUT2D eigenvalue weighted by Gasteiger charge is 2.20. The summed E-state index contributed by atoms with van der Waals surface area (Å²) in [5, 5.41) is 0. The quantitative estimate of drug-likeness (QED) is 0.396. The minimum absolute atomic E-state index is 0.285. The molecule has 0 heterocycles. The van der Waals surface area contributed by atoms with Crippen molar-refractivity contribution in [2.75, 3.05) is 7.11 Å². The average molecular weight is 306 g/mol. The second-order valence-corrected chi connectivity index (χ2v) is 5.71. The Balaban J connectivity index is 2.23. The third-order valence-electron chi connectivity index (χ3n) is 3.81. The Morgan fingerprint density at radius 3 is 2.14 bits per heavy atom. The molecule has 0 fully saturated rings. The molecule has 0 aromatic heterocycles. The first-order chi connectivity index (χ1) is 10.8. The fraction of sp³-hybridized carbons (Fsp3) is 0.632. The number of unbranched alkanes of at least 4 members (excludes halogenated alkanes) is 7. The highest BCUT2D eigenvalue weighted by atomic mass is 16.6. The molecular formula is C19H30O3. The molecule has 0 spiro atoms. The van der Waals surface area contributed by atoms with Gasteiger partial charge in [0.15, 0.2) is 6.10 Å². The lowest BCUT2D eigenvalue weighted by atomic mass is 10.1. The SMILES string of the molecule is CCCCCCCCCCC(Oc1ccccc1)C(=O)OC. The van der Waals surface area contributed by atoms with Crippen molar-refractivity contribution in [3.63, 3.8) is 0 Å². The second kappa shape index (κ2) is 12.1. The first kappa shape index (κ1) is 18.5. The summed E-state index contributed by atoms with van der Waals surface area (Å²) in [5.41, 5.74) is 0. The maximum absolute atomic E-state index is 11.8. The van der Waals surface area contributed by atoms with Gasteiger partial charge in [-0.15, -0.1) is 0 Å². The van der Waals surface area contributed by atoms with Crippen molar-refractivity contribution in [1.82, 2.24) is 0 Å². The molecule has 0 bridgehead atoms. The monoisotopic (exact) mass is 306 g/mol. The Kier molecular flexibility index (Phi) is 10.2. The standard InChI is InChI=1S/C19H30O3/c1-3-4-5-6-7-8-9-13-16-18(19(20)21-2)22-17-14-11-10-12-15-17/h10-12,14-15,18H,3-9,13,16H2,1-2H3. The van der Waals surface area contributed by atoms with Gasteiger partial charge in [-0.3, -0.25) is 0 Å². The Hall–Kier alpha value is -1.51.